The Morgan fingerprint density at radius 1 is 1.10 bits per heavy atom. The van der Waals surface area contributed by atoms with Crippen molar-refractivity contribution >= 4 is 44.2 Å². The minimum Gasteiger partial charge on any atom is -0.493 e. The molecule has 0 amide bonds. The van der Waals surface area contributed by atoms with Gasteiger partial charge in [-0.2, -0.15) is 17.0 Å². The number of nitrogens with zero attached hydrogens (tertiary/aromatic N) is 4. The predicted octanol–water partition coefficient (Wildman–Crippen LogP) is 4.72. The standard InChI is InChI=1S/C26H31ClFN5O5S/c1-32(39(34,35)33-10-12-37-13-11-33)26(8-4-3-5-9-26)38-24-15-19-22(16-23(24)36-2)29-17-30-25(19)31-18-6-7-21(28)20(27)14-18/h6-7,14-17H,3-5,8-13H2,1-2H3,(H,29,30,31). The van der Waals surface area contributed by atoms with Crippen LogP contribution in [-0.2, 0) is 14.9 Å². The second kappa shape index (κ2) is 11.4. The smallest absolute Gasteiger partial charge is 0.285 e. The average Bonchev–Trinajstić information content (AvgIpc) is 2.95. The van der Waals surface area contributed by atoms with E-state index < -0.39 is 21.8 Å². The summed E-state index contributed by atoms with van der Waals surface area (Å²) in [5, 5.41) is 3.75. The fourth-order valence-corrected chi connectivity index (χ4v) is 6.84. The molecule has 0 bridgehead atoms. The van der Waals surface area contributed by atoms with Crippen LogP contribution < -0.4 is 14.8 Å². The number of nitrogens with one attached hydrogen (secondary N) is 1. The summed E-state index contributed by atoms with van der Waals surface area (Å²) < 4.78 is 61.5. The van der Waals surface area contributed by atoms with Crippen molar-refractivity contribution in [3.8, 4) is 11.5 Å². The first-order valence-corrected chi connectivity index (χ1v) is 14.6. The van der Waals surface area contributed by atoms with Gasteiger partial charge in [-0.3, -0.25) is 0 Å². The topological polar surface area (TPSA) is 106 Å². The van der Waals surface area contributed by atoms with Crippen molar-refractivity contribution in [2.24, 2.45) is 0 Å². The molecule has 1 N–H and O–H groups in total. The van der Waals surface area contributed by atoms with Gasteiger partial charge in [0.2, 0.25) is 0 Å². The van der Waals surface area contributed by atoms with E-state index in [2.05, 4.69) is 15.3 Å². The van der Waals surface area contributed by atoms with Gasteiger partial charge >= 0.3 is 0 Å². The number of halogens is 2. The van der Waals surface area contributed by atoms with E-state index in [1.807, 2.05) is 0 Å². The maximum atomic E-state index is 13.7. The molecule has 0 atom stereocenters. The summed E-state index contributed by atoms with van der Waals surface area (Å²) in [5.74, 6) is 0.705. The molecule has 2 aliphatic rings. The van der Waals surface area contributed by atoms with E-state index >= 15 is 0 Å². The van der Waals surface area contributed by atoms with Gasteiger partial charge in [-0.25, -0.2) is 14.4 Å². The number of hydrogen-bond acceptors (Lipinski definition) is 8. The summed E-state index contributed by atoms with van der Waals surface area (Å²) >= 11 is 5.96. The van der Waals surface area contributed by atoms with Gasteiger partial charge in [0, 0.05) is 50.1 Å². The molecule has 39 heavy (non-hydrogen) atoms. The summed E-state index contributed by atoms with van der Waals surface area (Å²) in [6.45, 7) is 1.30. The summed E-state index contributed by atoms with van der Waals surface area (Å²) in [5.41, 5.74) is 0.0148. The molecule has 0 radical (unpaired) electrons. The number of rotatable bonds is 8. The highest BCUT2D eigenvalue weighted by atomic mass is 35.5. The Labute approximate surface area is 232 Å². The molecule has 0 spiro atoms. The van der Waals surface area contributed by atoms with Crippen molar-refractivity contribution in [1.82, 2.24) is 18.6 Å². The first kappa shape index (κ1) is 27.8. The van der Waals surface area contributed by atoms with Gasteiger partial charge in [-0.05, 0) is 37.1 Å². The van der Waals surface area contributed by atoms with Crippen LogP contribution >= 0.6 is 11.6 Å². The summed E-state index contributed by atoms with van der Waals surface area (Å²) in [6, 6.07) is 7.76. The number of anilines is 2. The SMILES string of the molecule is COc1cc2ncnc(Nc3ccc(F)c(Cl)c3)c2cc1OC1(N(C)S(=O)(=O)N2CCOCC2)CCCCC1. The van der Waals surface area contributed by atoms with Crippen LogP contribution in [0.15, 0.2) is 36.7 Å². The van der Waals surface area contributed by atoms with Gasteiger partial charge in [0.25, 0.3) is 10.2 Å². The molecule has 1 aliphatic heterocycles. The maximum Gasteiger partial charge on any atom is 0.285 e. The van der Waals surface area contributed by atoms with E-state index in [-0.39, 0.29) is 5.02 Å². The first-order chi connectivity index (χ1) is 18.7. The van der Waals surface area contributed by atoms with Crippen molar-refractivity contribution in [2.75, 3.05) is 45.8 Å². The monoisotopic (exact) mass is 579 g/mol. The van der Waals surface area contributed by atoms with Crippen LogP contribution in [0.1, 0.15) is 32.1 Å². The molecule has 3 aromatic rings. The van der Waals surface area contributed by atoms with E-state index in [0.29, 0.717) is 73.1 Å². The van der Waals surface area contributed by atoms with Gasteiger partial charge in [0.05, 0.1) is 30.9 Å². The normalized spacial score (nSPS) is 18.3. The van der Waals surface area contributed by atoms with Crippen molar-refractivity contribution < 1.29 is 27.0 Å². The molecule has 1 saturated carbocycles. The van der Waals surface area contributed by atoms with Crippen LogP contribution in [0.2, 0.25) is 5.02 Å². The highest BCUT2D eigenvalue weighted by Crippen LogP contribution is 2.42. The summed E-state index contributed by atoms with van der Waals surface area (Å²) in [4.78, 5) is 8.74. The molecule has 210 valence electrons. The van der Waals surface area contributed by atoms with E-state index in [4.69, 9.17) is 25.8 Å². The number of methoxy groups -OCH3 is 1. The molecular weight excluding hydrogens is 549 g/mol. The second-order valence-corrected chi connectivity index (χ2v) is 12.0. The zero-order chi connectivity index (χ0) is 27.6. The lowest BCUT2D eigenvalue weighted by molar-refractivity contribution is -0.0591. The van der Waals surface area contributed by atoms with Crippen LogP contribution in [0.3, 0.4) is 0 Å². The first-order valence-electron chi connectivity index (χ1n) is 12.8. The summed E-state index contributed by atoms with van der Waals surface area (Å²) in [6.07, 6.45) is 5.09. The van der Waals surface area contributed by atoms with Crippen molar-refractivity contribution in [3.63, 3.8) is 0 Å². The number of fused-ring (bicyclic) bond motifs is 1. The largest absolute Gasteiger partial charge is 0.493 e. The number of morpholine rings is 1. The molecule has 5 rings (SSSR count). The van der Waals surface area contributed by atoms with Crippen LogP contribution in [0.4, 0.5) is 15.9 Å². The Balaban J connectivity index is 1.53. The van der Waals surface area contributed by atoms with Crippen LogP contribution in [0.25, 0.3) is 10.9 Å². The quantitative estimate of drug-likeness (QED) is 0.382. The third-order valence-electron chi connectivity index (χ3n) is 7.25. The zero-order valence-corrected chi connectivity index (χ0v) is 23.4. The van der Waals surface area contributed by atoms with Gasteiger partial charge in [0.1, 0.15) is 18.0 Å². The van der Waals surface area contributed by atoms with E-state index in [1.165, 1.54) is 34.2 Å². The predicted molar refractivity (Wildman–Crippen MR) is 146 cm³/mol. The fraction of sp³-hybridized carbons (Fsp3) is 0.462. The Morgan fingerprint density at radius 2 is 1.85 bits per heavy atom. The van der Waals surface area contributed by atoms with Gasteiger partial charge in [-0.1, -0.05) is 18.0 Å². The van der Waals surface area contributed by atoms with Crippen LogP contribution in [0, 0.1) is 5.82 Å². The highest BCUT2D eigenvalue weighted by Gasteiger charge is 2.47. The Kier molecular flexibility index (Phi) is 8.11. The molecule has 1 saturated heterocycles. The fourth-order valence-electron chi connectivity index (χ4n) is 5.06. The number of aromatic nitrogens is 2. The molecule has 1 aliphatic carbocycles. The van der Waals surface area contributed by atoms with Gasteiger partial charge < -0.3 is 19.5 Å². The Morgan fingerprint density at radius 3 is 2.54 bits per heavy atom. The number of hydrogen-bond donors (Lipinski definition) is 1. The number of ether oxygens (including phenoxy) is 3. The molecule has 2 fully saturated rings. The lowest BCUT2D eigenvalue weighted by atomic mass is 9.91. The molecule has 2 heterocycles. The van der Waals surface area contributed by atoms with Crippen molar-refractivity contribution in [3.05, 3.63) is 47.5 Å². The van der Waals surface area contributed by atoms with Crippen LogP contribution in [-0.4, -0.2) is 73.2 Å². The Hall–Kier alpha value is -2.77. The van der Waals surface area contributed by atoms with Crippen LogP contribution in [0.5, 0.6) is 11.5 Å². The number of benzene rings is 2. The minimum atomic E-state index is -3.82. The molecular formula is C26H31ClFN5O5S. The maximum absolute atomic E-state index is 13.7. The lowest BCUT2D eigenvalue weighted by Gasteiger charge is -2.45. The lowest BCUT2D eigenvalue weighted by Crippen LogP contribution is -2.59. The molecule has 0 unspecified atom stereocenters. The third-order valence-corrected chi connectivity index (χ3v) is 9.59. The summed E-state index contributed by atoms with van der Waals surface area (Å²) in [7, 11) is -0.712. The molecule has 13 heteroatoms. The van der Waals surface area contributed by atoms with Gasteiger partial charge in [0.15, 0.2) is 17.2 Å². The van der Waals surface area contributed by atoms with Crippen molar-refractivity contribution in [1.29, 1.82) is 0 Å². The van der Waals surface area contributed by atoms with E-state index in [0.717, 1.165) is 19.3 Å². The molecule has 10 nitrogen and oxygen atoms in total. The molecule has 2 aromatic carbocycles. The highest BCUT2D eigenvalue weighted by molar-refractivity contribution is 7.86. The van der Waals surface area contributed by atoms with E-state index in [9.17, 15) is 12.8 Å². The zero-order valence-electron chi connectivity index (χ0n) is 21.8. The average molecular weight is 580 g/mol. The van der Waals surface area contributed by atoms with E-state index in [1.54, 1.807) is 25.2 Å². The van der Waals surface area contributed by atoms with Crippen molar-refractivity contribution in [2.45, 2.75) is 37.8 Å². The minimum absolute atomic E-state index is 0.0205. The van der Waals surface area contributed by atoms with Gasteiger partial charge in [-0.15, -0.1) is 0 Å². The third kappa shape index (κ3) is 5.62. The second-order valence-electron chi connectivity index (χ2n) is 9.59. The Bertz CT molecular complexity index is 1450. The molecule has 1 aromatic heterocycles.